The molecule has 0 bridgehead atoms. The number of nitrogens with one attached hydrogen (secondary N) is 1. The number of imidazole rings is 2. The largest absolute Gasteiger partial charge is 0.481 e. The minimum atomic E-state index is -1.00. The summed E-state index contributed by atoms with van der Waals surface area (Å²) in [5.74, 6) is 2.28. The lowest BCUT2D eigenvalue weighted by molar-refractivity contribution is -0.142. The number of hydrogen-bond acceptors (Lipinski definition) is 17. The number of pyridine rings is 4. The number of likely N-dealkylation sites (tertiary alicyclic amines) is 1. The maximum atomic E-state index is 13.6. The van der Waals surface area contributed by atoms with Crippen LogP contribution in [0, 0.1) is 46.1 Å². The zero-order valence-electron chi connectivity index (χ0n) is 56.0. The molecule has 0 radical (unpaired) electrons. The van der Waals surface area contributed by atoms with Gasteiger partial charge in [-0.25, -0.2) is 38.7 Å². The second-order valence-corrected chi connectivity index (χ2v) is 26.3. The predicted octanol–water partition coefficient (Wildman–Crippen LogP) is 14.6. The Bertz CT molecular complexity index is 4420. The zero-order valence-corrected chi connectivity index (χ0v) is 56.6. The number of carbonyl (C=O) groups excluding carboxylic acids is 1. The first-order chi connectivity index (χ1) is 47.7. The van der Waals surface area contributed by atoms with Crippen LogP contribution in [-0.4, -0.2) is 134 Å². The van der Waals surface area contributed by atoms with Crippen molar-refractivity contribution in [3.63, 3.8) is 0 Å². The fourth-order valence-electron chi connectivity index (χ4n) is 12.9. The van der Waals surface area contributed by atoms with Gasteiger partial charge >= 0.3 is 5.97 Å². The van der Waals surface area contributed by atoms with Crippen LogP contribution in [0.5, 0.6) is 0 Å². The summed E-state index contributed by atoms with van der Waals surface area (Å²) in [7, 11) is 2.84. The van der Waals surface area contributed by atoms with E-state index in [0.29, 0.717) is 87.2 Å². The van der Waals surface area contributed by atoms with Gasteiger partial charge in [-0.05, 0) is 181 Å². The minimum absolute atomic E-state index is 0.122. The van der Waals surface area contributed by atoms with Crippen LogP contribution in [0.2, 0.25) is 0 Å². The third-order valence-electron chi connectivity index (χ3n) is 18.2. The van der Waals surface area contributed by atoms with Gasteiger partial charge in [0.2, 0.25) is 5.91 Å². The van der Waals surface area contributed by atoms with Crippen LogP contribution < -0.4 is 24.9 Å². The number of nitriles is 2. The van der Waals surface area contributed by atoms with Crippen LogP contribution in [0.4, 0.5) is 46.7 Å². The van der Waals surface area contributed by atoms with Crippen molar-refractivity contribution in [3.8, 4) is 56.9 Å². The van der Waals surface area contributed by atoms with Crippen LogP contribution >= 0.6 is 22.7 Å². The lowest BCUT2D eigenvalue weighted by Crippen LogP contribution is -2.44. The summed E-state index contributed by atoms with van der Waals surface area (Å²) in [6.45, 7) is 11.5. The van der Waals surface area contributed by atoms with Gasteiger partial charge in [-0.1, -0.05) is 42.9 Å². The van der Waals surface area contributed by atoms with E-state index < -0.39 is 13.1 Å². The van der Waals surface area contributed by atoms with Crippen molar-refractivity contribution in [1.82, 2.24) is 48.9 Å². The lowest BCUT2D eigenvalue weighted by atomic mass is 9.94. The molecular formula is C73H79F3N16O3S2. The van der Waals surface area contributed by atoms with Crippen molar-refractivity contribution < 1.29 is 29.2 Å². The molecule has 4 fully saturated rings. The number of aromatic nitrogens is 8. The maximum absolute atomic E-state index is 13.6. The molecule has 502 valence electrons. The third kappa shape index (κ3) is 15.6. The molecule has 19 nitrogen and oxygen atoms in total. The highest BCUT2D eigenvalue weighted by Crippen LogP contribution is 2.40. The van der Waals surface area contributed by atoms with Gasteiger partial charge in [0.15, 0.2) is 10.3 Å². The van der Waals surface area contributed by atoms with Crippen molar-refractivity contribution in [1.29, 1.82) is 10.5 Å². The summed E-state index contributed by atoms with van der Waals surface area (Å²) >= 11 is 2.58. The molecule has 8 aromatic heterocycles. The van der Waals surface area contributed by atoms with Gasteiger partial charge in [0.05, 0.1) is 25.8 Å². The topological polar surface area (TPSA) is 216 Å². The Morgan fingerprint density at radius 3 is 1.34 bits per heavy atom. The number of anilines is 6. The smallest absolute Gasteiger partial charge is 0.306 e. The highest BCUT2D eigenvalue weighted by Gasteiger charge is 2.31. The Morgan fingerprint density at radius 2 is 0.979 bits per heavy atom. The number of aryl methyl sites for hydroxylation is 2. The number of fused-ring (bicyclic) bond motifs is 2. The van der Waals surface area contributed by atoms with Crippen molar-refractivity contribution in [3.05, 3.63) is 155 Å². The number of aliphatic carboxylic acids is 1. The summed E-state index contributed by atoms with van der Waals surface area (Å²) in [5, 5.41) is 33.5. The van der Waals surface area contributed by atoms with Gasteiger partial charge in [-0.2, -0.15) is 10.5 Å². The first-order valence-electron chi connectivity index (χ1n) is 33.7. The van der Waals surface area contributed by atoms with Crippen molar-refractivity contribution in [2.75, 3.05) is 93.2 Å². The summed E-state index contributed by atoms with van der Waals surface area (Å²) in [5.41, 5.74) is 9.75. The Labute approximate surface area is 572 Å². The molecular weight excluding hydrogens is 1270 g/mol. The van der Waals surface area contributed by atoms with Crippen molar-refractivity contribution >= 4 is 79.4 Å². The summed E-state index contributed by atoms with van der Waals surface area (Å²) < 4.78 is 46.7. The fraction of sp³-hybridized carbons (Fsp3) is 0.370. The number of thiazole rings is 2. The fourth-order valence-corrected chi connectivity index (χ4v) is 14.6. The average Bonchev–Trinajstić information content (AvgIpc) is 1.62. The van der Waals surface area contributed by atoms with Crippen molar-refractivity contribution in [2.45, 2.75) is 90.9 Å². The molecule has 0 aliphatic carbocycles. The monoisotopic (exact) mass is 1350 g/mol. The van der Waals surface area contributed by atoms with Gasteiger partial charge in [0.25, 0.3) is 0 Å². The standard InChI is InChI=1S/C36H37FN8OS.C31H28FN7O2S.C5H11N.CH3F/c1-3-29-34(42(2)36-41-33(30(21-38)47-36)24-7-11-28(37)12-8-24)45-23-27(10-14-32(45)40-29)26-9-13-31(39-22-26)43-19-15-25(16-20-43)35(46)44-17-5-4-6-18-44;1-3-24-29(37(2)31-36-28(25(16-33)42-31)19-4-8-23(32)9-5-19)39-18-22(7-11-27(39)35-24)21-6-10-26(34-17-21)38-14-12-20(13-15-38)30(40)41;1-2-4-6-5-3-1;1-2/h7-14,22-23,25H,3-6,15-20H2,1-2H3;4-11,17-18,20H,3,12-15H2,1-2H3,(H,40,41);6H,1-5H2;1H3/i;;;1D. The molecule has 1 amide bonds. The van der Waals surface area contributed by atoms with E-state index in [4.69, 9.17) is 31.3 Å². The summed E-state index contributed by atoms with van der Waals surface area (Å²) in [6, 6.07) is 32.8. The van der Waals surface area contributed by atoms with Gasteiger partial charge in [-0.3, -0.25) is 22.8 Å². The molecule has 97 heavy (non-hydrogen) atoms. The van der Waals surface area contributed by atoms with Gasteiger partial charge in [0, 0.05) is 117 Å². The highest BCUT2D eigenvalue weighted by atomic mass is 32.1. The zero-order chi connectivity index (χ0) is 68.8. The number of amides is 1. The van der Waals surface area contributed by atoms with Crippen LogP contribution in [-0.2, 0) is 22.4 Å². The van der Waals surface area contributed by atoms with E-state index in [2.05, 4.69) is 74.8 Å². The van der Waals surface area contributed by atoms with E-state index in [-0.39, 0.29) is 23.5 Å². The number of carboxylic acid groups (broad SMARTS) is 1. The number of carbonyl (C=O) groups is 2. The molecule has 4 saturated heterocycles. The Balaban J connectivity index is 0.000000177. The van der Waals surface area contributed by atoms with Crippen molar-refractivity contribution in [2.24, 2.45) is 11.8 Å². The second kappa shape index (κ2) is 31.9. The third-order valence-corrected chi connectivity index (χ3v) is 20.3. The lowest BCUT2D eigenvalue weighted by Gasteiger charge is -2.36. The molecule has 0 spiro atoms. The number of nitrogens with zero attached hydrogens (tertiary/aromatic N) is 15. The maximum Gasteiger partial charge on any atom is 0.306 e. The number of hydrogen-bond donors (Lipinski definition) is 2. The molecule has 4 aliphatic rings. The number of halogens is 3. The van der Waals surface area contributed by atoms with E-state index in [1.807, 2.05) is 77.2 Å². The number of carboxylic acids is 1. The number of piperidine rings is 4. The van der Waals surface area contributed by atoms with Crippen LogP contribution in [0.15, 0.2) is 122 Å². The molecule has 2 N–H and O–H groups in total. The van der Waals surface area contributed by atoms with Gasteiger partial charge in [0.1, 0.15) is 79.5 Å². The molecule has 0 atom stereocenters. The summed E-state index contributed by atoms with van der Waals surface area (Å²) in [6.07, 6.45) is 19.9. The van der Waals surface area contributed by atoms with E-state index in [1.165, 1.54) is 85.7 Å². The SMILES string of the molecule is C1CCNCC1.CCc1nc2ccc(-c3ccc(N4CCC(C(=O)N5CCCCC5)CC4)nc3)cn2c1N(C)c1nc(-c2ccc(F)cc2)c(C#N)s1.CCc1nc2ccc(-c3ccc(N4CCC(C(=O)O)CC4)nc3)cn2c1N(C)c1nc(-c2ccc(F)cc2)c(C#N)s1.[2H]CF. The normalized spacial score (nSPS) is 15.2. The highest BCUT2D eigenvalue weighted by molar-refractivity contribution is 7.17. The molecule has 10 aromatic rings. The van der Waals surface area contributed by atoms with E-state index >= 15 is 0 Å². The molecule has 12 heterocycles. The Morgan fingerprint density at radius 1 is 0.577 bits per heavy atom. The molecule has 2 aromatic carbocycles. The van der Waals surface area contributed by atoms with Gasteiger partial charge < -0.3 is 34.9 Å². The minimum Gasteiger partial charge on any atom is -0.481 e. The summed E-state index contributed by atoms with van der Waals surface area (Å²) in [4.78, 5) is 64.5. The van der Waals surface area contributed by atoms with Crippen LogP contribution in [0.3, 0.4) is 0 Å². The molecule has 0 unspecified atom stereocenters. The quantitative estimate of drug-likeness (QED) is 0.103. The molecule has 24 heteroatoms. The second-order valence-electron chi connectivity index (χ2n) is 24.3. The first kappa shape index (κ1) is 67.2. The molecule has 4 aliphatic heterocycles. The first-order valence-corrected chi connectivity index (χ1v) is 34.7. The predicted molar refractivity (Wildman–Crippen MR) is 378 cm³/mol. The number of rotatable bonds is 14. The Kier molecular flexibility index (Phi) is 22.1. The Hall–Kier alpha value is -9.75. The average molecular weight is 1350 g/mol. The molecule has 14 rings (SSSR count). The number of benzene rings is 2. The van der Waals surface area contributed by atoms with E-state index in [0.717, 1.165) is 120 Å². The van der Waals surface area contributed by atoms with E-state index in [1.54, 1.807) is 24.3 Å². The van der Waals surface area contributed by atoms with Crippen LogP contribution in [0.25, 0.3) is 56.1 Å². The van der Waals surface area contributed by atoms with Gasteiger partial charge in [-0.15, -0.1) is 0 Å². The van der Waals surface area contributed by atoms with E-state index in [9.17, 15) is 38.4 Å². The molecule has 0 saturated carbocycles. The number of alkyl halides is 1. The van der Waals surface area contributed by atoms with Crippen LogP contribution in [0.1, 0.15) is 101 Å².